The Labute approximate surface area is 188 Å². The van der Waals surface area contributed by atoms with Gasteiger partial charge >= 0.3 is 0 Å². The molecule has 0 nitrogen and oxygen atoms in total. The third-order valence-electron chi connectivity index (χ3n) is 5.98. The van der Waals surface area contributed by atoms with Crippen LogP contribution >= 0.6 is 31.9 Å². The first-order valence-corrected chi connectivity index (χ1v) is 11.4. The van der Waals surface area contributed by atoms with Gasteiger partial charge in [-0.25, -0.2) is 0 Å². The van der Waals surface area contributed by atoms with Crippen LogP contribution in [0, 0.1) is 0 Å². The SMILES string of the molecule is Brc1ccc2c(c1)C(Cc1ccccc1)(Cc1ccccc1)c1cc(Br)ccc1-2. The van der Waals surface area contributed by atoms with Crippen LogP contribution in [0.4, 0.5) is 0 Å². The van der Waals surface area contributed by atoms with Gasteiger partial charge in [-0.1, -0.05) is 105 Å². The average Bonchev–Trinajstić information content (AvgIpc) is 2.98. The lowest BCUT2D eigenvalue weighted by molar-refractivity contribution is 0.519. The zero-order valence-electron chi connectivity index (χ0n) is 15.9. The van der Waals surface area contributed by atoms with Crippen molar-refractivity contribution in [2.24, 2.45) is 0 Å². The Bertz CT molecular complexity index is 1070. The van der Waals surface area contributed by atoms with Crippen molar-refractivity contribution < 1.29 is 0 Å². The van der Waals surface area contributed by atoms with Gasteiger partial charge in [-0.05, 0) is 70.5 Å². The van der Waals surface area contributed by atoms with Crippen LogP contribution in [0.25, 0.3) is 11.1 Å². The number of fused-ring (bicyclic) bond motifs is 3. The van der Waals surface area contributed by atoms with Gasteiger partial charge in [0.25, 0.3) is 0 Å². The second-order valence-electron chi connectivity index (χ2n) is 7.79. The van der Waals surface area contributed by atoms with Crippen molar-refractivity contribution >= 4 is 31.9 Å². The summed E-state index contributed by atoms with van der Waals surface area (Å²) in [7, 11) is 0. The van der Waals surface area contributed by atoms with Crippen LogP contribution in [-0.4, -0.2) is 0 Å². The molecule has 0 unspecified atom stereocenters. The van der Waals surface area contributed by atoms with E-state index in [1.807, 2.05) is 0 Å². The molecule has 4 aromatic rings. The van der Waals surface area contributed by atoms with Crippen molar-refractivity contribution in [2.45, 2.75) is 18.3 Å². The predicted octanol–water partition coefficient (Wildman–Crippen LogP) is 7.96. The highest BCUT2D eigenvalue weighted by Gasteiger charge is 2.43. The molecule has 0 spiro atoms. The van der Waals surface area contributed by atoms with Crippen LogP contribution < -0.4 is 0 Å². The van der Waals surface area contributed by atoms with Gasteiger partial charge in [0, 0.05) is 14.4 Å². The third kappa shape index (κ3) is 3.39. The largest absolute Gasteiger partial charge is 0.0622 e. The van der Waals surface area contributed by atoms with Gasteiger partial charge in [0.05, 0.1) is 0 Å². The van der Waals surface area contributed by atoms with E-state index in [2.05, 4.69) is 129 Å². The van der Waals surface area contributed by atoms with Gasteiger partial charge in [0.15, 0.2) is 0 Å². The topological polar surface area (TPSA) is 0 Å². The number of rotatable bonds is 4. The maximum absolute atomic E-state index is 3.74. The molecule has 0 bridgehead atoms. The van der Waals surface area contributed by atoms with E-state index in [1.165, 1.54) is 33.4 Å². The van der Waals surface area contributed by atoms with E-state index < -0.39 is 0 Å². The number of hydrogen-bond acceptors (Lipinski definition) is 0. The van der Waals surface area contributed by atoms with E-state index in [4.69, 9.17) is 0 Å². The highest BCUT2D eigenvalue weighted by atomic mass is 79.9. The molecule has 5 rings (SSSR count). The fourth-order valence-electron chi connectivity index (χ4n) is 4.77. The first-order chi connectivity index (χ1) is 14.2. The molecule has 0 fully saturated rings. The van der Waals surface area contributed by atoms with E-state index in [-0.39, 0.29) is 5.41 Å². The Hall–Kier alpha value is -2.16. The molecule has 142 valence electrons. The van der Waals surface area contributed by atoms with Crippen molar-refractivity contribution in [3.8, 4) is 11.1 Å². The highest BCUT2D eigenvalue weighted by molar-refractivity contribution is 9.10. The normalized spacial score (nSPS) is 13.7. The highest BCUT2D eigenvalue weighted by Crippen LogP contribution is 2.53. The Kier molecular flexibility index (Phi) is 4.93. The molecule has 2 heteroatoms. The summed E-state index contributed by atoms with van der Waals surface area (Å²) in [5, 5.41) is 0. The molecule has 1 aliphatic carbocycles. The van der Waals surface area contributed by atoms with Crippen LogP contribution in [0.15, 0.2) is 106 Å². The van der Waals surface area contributed by atoms with Crippen LogP contribution in [0.5, 0.6) is 0 Å². The van der Waals surface area contributed by atoms with E-state index >= 15 is 0 Å². The van der Waals surface area contributed by atoms with Gasteiger partial charge < -0.3 is 0 Å². The van der Waals surface area contributed by atoms with E-state index in [0.29, 0.717) is 0 Å². The summed E-state index contributed by atoms with van der Waals surface area (Å²) in [6.45, 7) is 0. The third-order valence-corrected chi connectivity index (χ3v) is 6.97. The summed E-state index contributed by atoms with van der Waals surface area (Å²) < 4.78 is 2.27. The Morgan fingerprint density at radius 3 is 1.34 bits per heavy atom. The second kappa shape index (κ2) is 7.59. The van der Waals surface area contributed by atoms with Crippen LogP contribution in [0.3, 0.4) is 0 Å². The van der Waals surface area contributed by atoms with E-state index in [0.717, 1.165) is 21.8 Å². The van der Waals surface area contributed by atoms with Gasteiger partial charge in [-0.3, -0.25) is 0 Å². The van der Waals surface area contributed by atoms with Gasteiger partial charge in [-0.2, -0.15) is 0 Å². The monoisotopic (exact) mass is 502 g/mol. The van der Waals surface area contributed by atoms with Gasteiger partial charge in [0.1, 0.15) is 0 Å². The molecule has 0 N–H and O–H groups in total. The minimum Gasteiger partial charge on any atom is -0.0622 e. The van der Waals surface area contributed by atoms with E-state index in [1.54, 1.807) is 0 Å². The number of hydrogen-bond donors (Lipinski definition) is 0. The van der Waals surface area contributed by atoms with E-state index in [9.17, 15) is 0 Å². The standard InChI is InChI=1S/C27H20Br2/c28-21-11-13-23-24-14-12-22(29)16-26(24)27(25(23)15-21,17-19-7-3-1-4-8-19)18-20-9-5-2-6-10-20/h1-16H,17-18H2. The quantitative estimate of drug-likeness (QED) is 0.265. The number of benzene rings is 4. The molecule has 0 aromatic heterocycles. The van der Waals surface area contributed by atoms with Crippen molar-refractivity contribution in [3.63, 3.8) is 0 Å². The van der Waals surface area contributed by atoms with Crippen LogP contribution in [-0.2, 0) is 18.3 Å². The maximum Gasteiger partial charge on any atom is 0.0296 e. The Morgan fingerprint density at radius 2 is 0.931 bits per heavy atom. The summed E-state index contributed by atoms with van der Waals surface area (Å²) in [4.78, 5) is 0. The van der Waals surface area contributed by atoms with Crippen molar-refractivity contribution in [1.29, 1.82) is 0 Å². The lowest BCUT2D eigenvalue weighted by Gasteiger charge is -2.33. The minimum absolute atomic E-state index is 0.110. The van der Waals surface area contributed by atoms with Crippen molar-refractivity contribution in [1.82, 2.24) is 0 Å². The number of halogens is 2. The summed E-state index contributed by atoms with van der Waals surface area (Å²) in [6, 6.07) is 35.3. The summed E-state index contributed by atoms with van der Waals surface area (Å²) in [5.41, 5.74) is 8.14. The lowest BCUT2D eigenvalue weighted by atomic mass is 9.69. The van der Waals surface area contributed by atoms with Gasteiger partial charge in [0.2, 0.25) is 0 Å². The zero-order valence-corrected chi connectivity index (χ0v) is 19.1. The van der Waals surface area contributed by atoms with Gasteiger partial charge in [-0.15, -0.1) is 0 Å². The molecule has 0 saturated carbocycles. The molecule has 0 amide bonds. The molecular weight excluding hydrogens is 484 g/mol. The fraction of sp³-hybridized carbons (Fsp3) is 0.111. The first-order valence-electron chi connectivity index (χ1n) is 9.84. The molecule has 1 aliphatic rings. The second-order valence-corrected chi connectivity index (χ2v) is 9.62. The molecule has 29 heavy (non-hydrogen) atoms. The summed E-state index contributed by atoms with van der Waals surface area (Å²) in [6.07, 6.45) is 1.94. The molecule has 0 saturated heterocycles. The van der Waals surface area contributed by atoms with Crippen molar-refractivity contribution in [2.75, 3.05) is 0 Å². The Balaban J connectivity index is 1.79. The molecule has 4 aromatic carbocycles. The molecule has 0 atom stereocenters. The average molecular weight is 504 g/mol. The fourth-order valence-corrected chi connectivity index (χ4v) is 5.49. The molecule has 0 aliphatic heterocycles. The van der Waals surface area contributed by atoms with Crippen LogP contribution in [0.2, 0.25) is 0 Å². The lowest BCUT2D eigenvalue weighted by Crippen LogP contribution is -2.31. The Morgan fingerprint density at radius 1 is 0.517 bits per heavy atom. The molecule has 0 radical (unpaired) electrons. The predicted molar refractivity (Wildman–Crippen MR) is 128 cm³/mol. The molecule has 0 heterocycles. The smallest absolute Gasteiger partial charge is 0.0296 e. The zero-order chi connectivity index (χ0) is 19.8. The molecular formula is C27H20Br2. The van der Waals surface area contributed by atoms with Crippen LogP contribution in [0.1, 0.15) is 22.3 Å². The minimum atomic E-state index is -0.110. The maximum atomic E-state index is 3.74. The summed E-state index contributed by atoms with van der Waals surface area (Å²) in [5.74, 6) is 0. The summed E-state index contributed by atoms with van der Waals surface area (Å²) >= 11 is 7.47. The first kappa shape index (κ1) is 18.8. The van der Waals surface area contributed by atoms with Crippen molar-refractivity contribution in [3.05, 3.63) is 128 Å².